The zero-order valence-electron chi connectivity index (χ0n) is 14.2. The van der Waals surface area contributed by atoms with E-state index in [0.29, 0.717) is 23.6 Å². The summed E-state index contributed by atoms with van der Waals surface area (Å²) in [5.74, 6) is 1.15. The van der Waals surface area contributed by atoms with Gasteiger partial charge in [-0.1, -0.05) is 6.07 Å². The summed E-state index contributed by atoms with van der Waals surface area (Å²) in [6.45, 7) is 2.72. The molecule has 132 valence electrons. The van der Waals surface area contributed by atoms with Crippen molar-refractivity contribution in [3.05, 3.63) is 58.7 Å². The predicted octanol–water partition coefficient (Wildman–Crippen LogP) is 3.21. The van der Waals surface area contributed by atoms with Crippen LogP contribution in [0, 0.1) is 6.92 Å². The molecule has 1 amide bonds. The molecule has 7 heteroatoms. The molecule has 26 heavy (non-hydrogen) atoms. The van der Waals surface area contributed by atoms with Crippen LogP contribution in [-0.4, -0.2) is 29.2 Å². The molecule has 1 aromatic carbocycles. The average Bonchev–Trinajstić information content (AvgIpc) is 3.28. The molecular formula is C19H17N3O3S. The van der Waals surface area contributed by atoms with Gasteiger partial charge in [0.05, 0.1) is 11.4 Å². The minimum Gasteiger partial charge on any atom is -0.454 e. The summed E-state index contributed by atoms with van der Waals surface area (Å²) in [4.78, 5) is 22.4. The molecule has 2 aromatic heterocycles. The molecule has 0 fully saturated rings. The maximum absolute atomic E-state index is 12.3. The fourth-order valence-electron chi connectivity index (χ4n) is 2.69. The number of aryl methyl sites for hydroxylation is 1. The molecule has 0 bridgehead atoms. The number of pyridine rings is 1. The standard InChI is InChI=1S/C19H17N3O3S/c1-12-17(26-19(22-12)14-4-2-3-8-20-14)7-9-21-18(23)13-5-6-15-16(10-13)25-11-24-15/h2-6,8,10H,7,9,11H2,1H3,(H,21,23). The van der Waals surface area contributed by atoms with Gasteiger partial charge in [-0.2, -0.15) is 0 Å². The summed E-state index contributed by atoms with van der Waals surface area (Å²) >= 11 is 1.61. The highest BCUT2D eigenvalue weighted by molar-refractivity contribution is 7.15. The van der Waals surface area contributed by atoms with Crippen molar-refractivity contribution in [2.24, 2.45) is 0 Å². The minimum atomic E-state index is -0.129. The van der Waals surface area contributed by atoms with Gasteiger partial charge < -0.3 is 14.8 Å². The van der Waals surface area contributed by atoms with Crippen molar-refractivity contribution < 1.29 is 14.3 Å². The number of carbonyl (C=O) groups is 1. The monoisotopic (exact) mass is 367 g/mol. The molecule has 1 aliphatic heterocycles. The highest BCUT2D eigenvalue weighted by atomic mass is 32.1. The lowest BCUT2D eigenvalue weighted by molar-refractivity contribution is 0.0953. The van der Waals surface area contributed by atoms with Gasteiger partial charge in [0.25, 0.3) is 5.91 Å². The Hall–Kier alpha value is -2.93. The number of nitrogens with zero attached hydrogens (tertiary/aromatic N) is 2. The first-order valence-electron chi connectivity index (χ1n) is 8.26. The van der Waals surface area contributed by atoms with Gasteiger partial charge >= 0.3 is 0 Å². The highest BCUT2D eigenvalue weighted by Crippen LogP contribution is 2.32. The van der Waals surface area contributed by atoms with Crippen LogP contribution in [0.15, 0.2) is 42.6 Å². The van der Waals surface area contributed by atoms with E-state index < -0.39 is 0 Å². The van der Waals surface area contributed by atoms with Crippen molar-refractivity contribution in [1.82, 2.24) is 15.3 Å². The van der Waals surface area contributed by atoms with Crippen LogP contribution in [0.5, 0.6) is 11.5 Å². The summed E-state index contributed by atoms with van der Waals surface area (Å²) in [6.07, 6.45) is 2.49. The molecule has 1 aliphatic rings. The van der Waals surface area contributed by atoms with Gasteiger partial charge in [-0.15, -0.1) is 11.3 Å². The number of aromatic nitrogens is 2. The second kappa shape index (κ2) is 7.13. The van der Waals surface area contributed by atoms with Gasteiger partial charge in [-0.25, -0.2) is 4.98 Å². The second-order valence-electron chi connectivity index (χ2n) is 5.82. The Morgan fingerprint density at radius 2 is 2.12 bits per heavy atom. The number of hydrogen-bond acceptors (Lipinski definition) is 6. The topological polar surface area (TPSA) is 73.3 Å². The predicted molar refractivity (Wildman–Crippen MR) is 98.7 cm³/mol. The molecule has 0 saturated heterocycles. The number of rotatable bonds is 5. The third kappa shape index (κ3) is 3.39. The van der Waals surface area contributed by atoms with Crippen molar-refractivity contribution in [3.63, 3.8) is 0 Å². The molecule has 0 spiro atoms. The minimum absolute atomic E-state index is 0.129. The fourth-order valence-corrected chi connectivity index (χ4v) is 3.73. The Kier molecular flexibility index (Phi) is 4.53. The summed E-state index contributed by atoms with van der Waals surface area (Å²) in [5.41, 5.74) is 2.41. The van der Waals surface area contributed by atoms with Gasteiger partial charge in [0, 0.05) is 29.6 Å². The number of nitrogens with one attached hydrogen (secondary N) is 1. The molecule has 0 saturated carbocycles. The first kappa shape index (κ1) is 16.5. The average molecular weight is 367 g/mol. The van der Waals surface area contributed by atoms with Gasteiger partial charge in [-0.3, -0.25) is 9.78 Å². The zero-order valence-corrected chi connectivity index (χ0v) is 15.0. The van der Waals surface area contributed by atoms with E-state index in [0.717, 1.165) is 27.7 Å². The van der Waals surface area contributed by atoms with Crippen LogP contribution in [0.25, 0.3) is 10.7 Å². The number of carbonyl (C=O) groups excluding carboxylic acids is 1. The Morgan fingerprint density at radius 1 is 1.23 bits per heavy atom. The van der Waals surface area contributed by atoms with E-state index in [9.17, 15) is 4.79 Å². The number of ether oxygens (including phenoxy) is 2. The molecule has 6 nitrogen and oxygen atoms in total. The highest BCUT2D eigenvalue weighted by Gasteiger charge is 2.16. The molecule has 3 aromatic rings. The largest absolute Gasteiger partial charge is 0.454 e. The normalized spacial score (nSPS) is 12.2. The van der Waals surface area contributed by atoms with Crippen LogP contribution in [0.1, 0.15) is 20.9 Å². The lowest BCUT2D eigenvalue weighted by atomic mass is 10.2. The smallest absolute Gasteiger partial charge is 0.251 e. The Labute approximate surface area is 154 Å². The van der Waals surface area contributed by atoms with E-state index in [-0.39, 0.29) is 12.7 Å². The molecule has 4 rings (SSSR count). The van der Waals surface area contributed by atoms with E-state index in [4.69, 9.17) is 9.47 Å². The van der Waals surface area contributed by atoms with Crippen molar-refractivity contribution in [3.8, 4) is 22.2 Å². The maximum atomic E-state index is 12.3. The van der Waals surface area contributed by atoms with Gasteiger partial charge in [-0.05, 0) is 37.3 Å². The summed E-state index contributed by atoms with van der Waals surface area (Å²) in [5, 5.41) is 3.85. The quantitative estimate of drug-likeness (QED) is 0.750. The third-order valence-electron chi connectivity index (χ3n) is 4.05. The number of hydrogen-bond donors (Lipinski definition) is 1. The fraction of sp³-hybridized carbons (Fsp3) is 0.211. The van der Waals surface area contributed by atoms with E-state index in [1.807, 2.05) is 25.1 Å². The molecular weight excluding hydrogens is 350 g/mol. The van der Waals surface area contributed by atoms with Crippen LogP contribution >= 0.6 is 11.3 Å². The molecule has 3 heterocycles. The Bertz CT molecular complexity index is 940. The summed E-state index contributed by atoms with van der Waals surface area (Å²) < 4.78 is 10.6. The number of benzene rings is 1. The van der Waals surface area contributed by atoms with Gasteiger partial charge in [0.1, 0.15) is 5.01 Å². The first-order chi connectivity index (χ1) is 12.7. The lowest BCUT2D eigenvalue weighted by Crippen LogP contribution is -2.25. The van der Waals surface area contributed by atoms with E-state index in [1.54, 1.807) is 35.7 Å². The number of amides is 1. The molecule has 0 atom stereocenters. The zero-order chi connectivity index (χ0) is 17.9. The number of fused-ring (bicyclic) bond motifs is 1. The molecule has 1 N–H and O–H groups in total. The van der Waals surface area contributed by atoms with E-state index in [2.05, 4.69) is 15.3 Å². The Morgan fingerprint density at radius 3 is 2.96 bits per heavy atom. The van der Waals surface area contributed by atoms with Crippen molar-refractivity contribution >= 4 is 17.2 Å². The lowest BCUT2D eigenvalue weighted by Gasteiger charge is -2.05. The van der Waals surface area contributed by atoms with Crippen molar-refractivity contribution in [2.75, 3.05) is 13.3 Å². The maximum Gasteiger partial charge on any atom is 0.251 e. The Balaban J connectivity index is 1.37. The summed E-state index contributed by atoms with van der Waals surface area (Å²) in [7, 11) is 0. The van der Waals surface area contributed by atoms with Gasteiger partial charge in [0.2, 0.25) is 6.79 Å². The molecule has 0 aliphatic carbocycles. The molecule has 0 unspecified atom stereocenters. The summed E-state index contributed by atoms with van der Waals surface area (Å²) in [6, 6.07) is 11.0. The van der Waals surface area contributed by atoms with Crippen molar-refractivity contribution in [1.29, 1.82) is 0 Å². The first-order valence-corrected chi connectivity index (χ1v) is 9.08. The number of thiazole rings is 1. The van der Waals surface area contributed by atoms with Crippen LogP contribution in [-0.2, 0) is 6.42 Å². The van der Waals surface area contributed by atoms with Gasteiger partial charge in [0.15, 0.2) is 11.5 Å². The van der Waals surface area contributed by atoms with E-state index >= 15 is 0 Å². The van der Waals surface area contributed by atoms with Crippen LogP contribution in [0.2, 0.25) is 0 Å². The second-order valence-corrected chi connectivity index (χ2v) is 6.90. The van der Waals surface area contributed by atoms with Crippen LogP contribution < -0.4 is 14.8 Å². The van der Waals surface area contributed by atoms with E-state index in [1.165, 1.54) is 0 Å². The van der Waals surface area contributed by atoms with Crippen molar-refractivity contribution in [2.45, 2.75) is 13.3 Å². The SMILES string of the molecule is Cc1nc(-c2ccccn2)sc1CCNC(=O)c1ccc2c(c1)OCO2. The molecule has 0 radical (unpaired) electrons. The van der Waals surface area contributed by atoms with Crippen LogP contribution in [0.3, 0.4) is 0 Å². The van der Waals surface area contributed by atoms with Crippen LogP contribution in [0.4, 0.5) is 0 Å². The third-order valence-corrected chi connectivity index (χ3v) is 5.29.